The Bertz CT molecular complexity index is 350. The van der Waals surface area contributed by atoms with Crippen LogP contribution >= 0.6 is 0 Å². The minimum atomic E-state index is -3.81. The van der Waals surface area contributed by atoms with Crippen molar-refractivity contribution >= 4 is 16.3 Å². The molecule has 1 amide bonds. The van der Waals surface area contributed by atoms with E-state index in [1.807, 2.05) is 4.90 Å². The Morgan fingerprint density at radius 3 is 2.41 bits per heavy atom. The first-order chi connectivity index (χ1) is 7.99. The van der Waals surface area contributed by atoms with Crippen LogP contribution < -0.4 is 4.72 Å². The second kappa shape index (κ2) is 6.15. The van der Waals surface area contributed by atoms with Crippen LogP contribution in [0.15, 0.2) is 0 Å². The zero-order valence-corrected chi connectivity index (χ0v) is 10.4. The molecular weight excluding hydrogens is 250 g/mol. The van der Waals surface area contributed by atoms with Gasteiger partial charge in [0.25, 0.3) is 0 Å². The van der Waals surface area contributed by atoms with Crippen molar-refractivity contribution in [3.63, 3.8) is 0 Å². The van der Waals surface area contributed by atoms with Crippen LogP contribution in [0.25, 0.3) is 0 Å². The van der Waals surface area contributed by atoms with Gasteiger partial charge in [-0.2, -0.15) is 12.7 Å². The maximum absolute atomic E-state index is 11.7. The molecule has 8 nitrogen and oxygen atoms in total. The summed E-state index contributed by atoms with van der Waals surface area (Å²) in [6, 6.07) is 0. The molecular formula is C8H17N3O5S. The van der Waals surface area contributed by atoms with E-state index in [0.29, 0.717) is 19.6 Å². The molecule has 0 saturated carbocycles. The highest BCUT2D eigenvalue weighted by Crippen LogP contribution is 2.05. The summed E-state index contributed by atoms with van der Waals surface area (Å²) in [4.78, 5) is 12.8. The fourth-order valence-corrected chi connectivity index (χ4v) is 2.61. The maximum atomic E-state index is 11.7. The lowest BCUT2D eigenvalue weighted by molar-refractivity contribution is 0.149. The highest BCUT2D eigenvalue weighted by Gasteiger charge is 2.28. The Morgan fingerprint density at radius 2 is 1.94 bits per heavy atom. The average Bonchev–Trinajstić information content (AvgIpc) is 2.29. The number of aliphatic hydroxyl groups excluding tert-OH is 1. The van der Waals surface area contributed by atoms with Crippen LogP contribution in [0.5, 0.6) is 0 Å². The minimum absolute atomic E-state index is 0.0488. The van der Waals surface area contributed by atoms with Gasteiger partial charge in [-0.3, -0.25) is 4.90 Å². The summed E-state index contributed by atoms with van der Waals surface area (Å²) in [7, 11) is -2.71. The predicted molar refractivity (Wildman–Crippen MR) is 59.6 cm³/mol. The SMILES string of the molecule is COC(=O)NS(=O)(=O)N1CCN(CCO)CC1. The van der Waals surface area contributed by atoms with E-state index < -0.39 is 16.3 Å². The summed E-state index contributed by atoms with van der Waals surface area (Å²) in [5, 5.41) is 8.75. The second-order valence-corrected chi connectivity index (χ2v) is 5.23. The molecule has 9 heteroatoms. The van der Waals surface area contributed by atoms with E-state index in [-0.39, 0.29) is 19.7 Å². The predicted octanol–water partition coefficient (Wildman–Crippen LogP) is -1.80. The summed E-state index contributed by atoms with van der Waals surface area (Å²) < 4.78 is 30.5. The van der Waals surface area contributed by atoms with Crippen LogP contribution in [-0.4, -0.2) is 75.3 Å². The van der Waals surface area contributed by atoms with Gasteiger partial charge in [0.1, 0.15) is 0 Å². The van der Waals surface area contributed by atoms with Gasteiger partial charge in [0, 0.05) is 32.7 Å². The quantitative estimate of drug-likeness (QED) is 0.623. The van der Waals surface area contributed by atoms with Gasteiger partial charge >= 0.3 is 16.3 Å². The number of rotatable bonds is 4. The van der Waals surface area contributed by atoms with Gasteiger partial charge in [-0.05, 0) is 0 Å². The molecule has 0 aromatic rings. The molecule has 0 aromatic carbocycles. The number of nitrogens with zero attached hydrogens (tertiary/aromatic N) is 2. The van der Waals surface area contributed by atoms with Gasteiger partial charge < -0.3 is 9.84 Å². The monoisotopic (exact) mass is 267 g/mol. The molecule has 0 aromatic heterocycles. The average molecular weight is 267 g/mol. The van der Waals surface area contributed by atoms with Gasteiger partial charge in [-0.25, -0.2) is 9.52 Å². The molecule has 1 aliphatic heterocycles. The van der Waals surface area contributed by atoms with Crippen LogP contribution in [0.2, 0.25) is 0 Å². The number of hydrogen-bond donors (Lipinski definition) is 2. The van der Waals surface area contributed by atoms with Crippen molar-refractivity contribution in [1.29, 1.82) is 0 Å². The summed E-state index contributed by atoms with van der Waals surface area (Å²) in [5.74, 6) is 0. The Morgan fingerprint density at radius 1 is 1.35 bits per heavy atom. The summed E-state index contributed by atoms with van der Waals surface area (Å²) in [6.07, 6.45) is -0.997. The van der Waals surface area contributed by atoms with Crippen molar-refractivity contribution < 1.29 is 23.1 Å². The normalized spacial score (nSPS) is 18.9. The highest BCUT2D eigenvalue weighted by atomic mass is 32.2. The number of carbonyl (C=O) groups excluding carboxylic acids is 1. The van der Waals surface area contributed by atoms with Crippen molar-refractivity contribution in [1.82, 2.24) is 13.9 Å². The van der Waals surface area contributed by atoms with E-state index >= 15 is 0 Å². The molecule has 2 N–H and O–H groups in total. The molecule has 0 aliphatic carbocycles. The smallest absolute Gasteiger partial charge is 0.421 e. The van der Waals surface area contributed by atoms with E-state index in [9.17, 15) is 13.2 Å². The van der Waals surface area contributed by atoms with Crippen molar-refractivity contribution in [3.8, 4) is 0 Å². The third kappa shape index (κ3) is 4.11. The topological polar surface area (TPSA) is 99.2 Å². The first-order valence-electron chi connectivity index (χ1n) is 5.18. The number of amides is 1. The van der Waals surface area contributed by atoms with E-state index in [4.69, 9.17) is 5.11 Å². The summed E-state index contributed by atoms with van der Waals surface area (Å²) >= 11 is 0. The Hall–Kier alpha value is -0.900. The fraction of sp³-hybridized carbons (Fsp3) is 0.875. The molecule has 0 atom stereocenters. The molecule has 0 bridgehead atoms. The largest absolute Gasteiger partial charge is 0.452 e. The van der Waals surface area contributed by atoms with Gasteiger partial charge in [-0.15, -0.1) is 0 Å². The first-order valence-corrected chi connectivity index (χ1v) is 6.62. The molecule has 100 valence electrons. The van der Waals surface area contributed by atoms with Crippen molar-refractivity contribution in [2.45, 2.75) is 0 Å². The van der Waals surface area contributed by atoms with E-state index in [0.717, 1.165) is 7.11 Å². The Kier molecular flexibility index (Phi) is 5.12. The summed E-state index contributed by atoms with van der Waals surface area (Å²) in [5.41, 5.74) is 0. The molecule has 0 unspecified atom stereocenters. The summed E-state index contributed by atoms with van der Waals surface area (Å²) in [6.45, 7) is 2.20. The van der Waals surface area contributed by atoms with Crippen molar-refractivity contribution in [2.75, 3.05) is 46.4 Å². The lowest BCUT2D eigenvalue weighted by Crippen LogP contribution is -2.53. The highest BCUT2D eigenvalue weighted by molar-refractivity contribution is 7.87. The Balaban J connectivity index is 2.50. The van der Waals surface area contributed by atoms with Crippen LogP contribution in [0.3, 0.4) is 0 Å². The third-order valence-electron chi connectivity index (χ3n) is 2.49. The van der Waals surface area contributed by atoms with Crippen molar-refractivity contribution in [2.24, 2.45) is 0 Å². The fourth-order valence-electron chi connectivity index (χ4n) is 1.55. The number of β-amino-alcohol motifs (C(OH)–C–C–N with tert-alkyl or cyclic N) is 1. The second-order valence-electron chi connectivity index (χ2n) is 3.56. The molecule has 0 spiro atoms. The molecule has 1 heterocycles. The van der Waals surface area contributed by atoms with E-state index in [1.165, 1.54) is 4.31 Å². The van der Waals surface area contributed by atoms with Crippen LogP contribution in [0.4, 0.5) is 4.79 Å². The third-order valence-corrected chi connectivity index (χ3v) is 3.95. The standard InChI is InChI=1S/C8H17N3O5S/c1-16-8(13)9-17(14,15)11-4-2-10(3-5-11)6-7-12/h12H,2-7H2,1H3,(H,9,13). The molecule has 1 aliphatic rings. The number of ether oxygens (including phenoxy) is 1. The molecule has 17 heavy (non-hydrogen) atoms. The van der Waals surface area contributed by atoms with Gasteiger partial charge in [0.15, 0.2) is 0 Å². The maximum Gasteiger partial charge on any atom is 0.421 e. The molecule has 1 fully saturated rings. The zero-order valence-electron chi connectivity index (χ0n) is 9.63. The van der Waals surface area contributed by atoms with Gasteiger partial charge in [0.05, 0.1) is 13.7 Å². The number of nitrogens with one attached hydrogen (secondary N) is 1. The number of carbonyl (C=O) groups is 1. The van der Waals surface area contributed by atoms with E-state index in [1.54, 1.807) is 4.72 Å². The van der Waals surface area contributed by atoms with Gasteiger partial charge in [-0.1, -0.05) is 0 Å². The number of methoxy groups -OCH3 is 1. The number of aliphatic hydroxyl groups is 1. The van der Waals surface area contributed by atoms with Crippen LogP contribution in [0, 0.1) is 0 Å². The lowest BCUT2D eigenvalue weighted by atomic mass is 10.4. The van der Waals surface area contributed by atoms with Crippen LogP contribution in [0.1, 0.15) is 0 Å². The lowest BCUT2D eigenvalue weighted by Gasteiger charge is -2.33. The number of hydrogen-bond acceptors (Lipinski definition) is 6. The Labute approximate surface area is 100 Å². The zero-order chi connectivity index (χ0) is 12.9. The molecule has 0 radical (unpaired) electrons. The molecule has 1 rings (SSSR count). The molecule has 1 saturated heterocycles. The van der Waals surface area contributed by atoms with Crippen LogP contribution in [-0.2, 0) is 14.9 Å². The van der Waals surface area contributed by atoms with Crippen molar-refractivity contribution in [3.05, 3.63) is 0 Å². The first kappa shape index (κ1) is 14.2. The minimum Gasteiger partial charge on any atom is -0.452 e. The number of piperazine rings is 1. The van der Waals surface area contributed by atoms with E-state index in [2.05, 4.69) is 4.74 Å². The van der Waals surface area contributed by atoms with Gasteiger partial charge in [0.2, 0.25) is 0 Å².